The molecule has 146 valence electrons. The molecule has 0 radical (unpaired) electrons. The molecule has 5 nitrogen and oxygen atoms in total. The molecule has 4 rings (SSSR count). The van der Waals surface area contributed by atoms with Crippen molar-refractivity contribution in [1.82, 2.24) is 15.3 Å². The second-order valence-corrected chi connectivity index (χ2v) is 8.40. The van der Waals surface area contributed by atoms with Gasteiger partial charge in [-0.3, -0.25) is 4.79 Å². The van der Waals surface area contributed by atoms with E-state index >= 15 is 0 Å². The molecule has 2 aliphatic rings. The van der Waals surface area contributed by atoms with Crippen molar-refractivity contribution in [3.8, 4) is 0 Å². The van der Waals surface area contributed by atoms with Crippen LogP contribution in [0.4, 0.5) is 5.82 Å². The molecule has 1 saturated heterocycles. The lowest BCUT2D eigenvalue weighted by molar-refractivity contribution is -0.117. The van der Waals surface area contributed by atoms with E-state index in [1.807, 2.05) is 30.3 Å². The number of piperidine rings is 1. The zero-order valence-electron chi connectivity index (χ0n) is 15.9. The van der Waals surface area contributed by atoms with Crippen LogP contribution in [0, 0.1) is 0 Å². The van der Waals surface area contributed by atoms with Crippen LogP contribution in [-0.4, -0.2) is 35.0 Å². The third-order valence-electron chi connectivity index (χ3n) is 5.54. The van der Waals surface area contributed by atoms with Gasteiger partial charge in [-0.2, -0.15) is 0 Å². The fourth-order valence-corrected chi connectivity index (χ4v) is 4.27. The Morgan fingerprint density at radius 1 is 1.11 bits per heavy atom. The predicted molar refractivity (Wildman–Crippen MR) is 115 cm³/mol. The highest BCUT2D eigenvalue weighted by Gasteiger charge is 2.24. The third-order valence-corrected chi connectivity index (χ3v) is 6.07. The van der Waals surface area contributed by atoms with Gasteiger partial charge in [0.05, 0.1) is 0 Å². The van der Waals surface area contributed by atoms with Crippen molar-refractivity contribution in [1.29, 1.82) is 0 Å². The first-order valence-corrected chi connectivity index (χ1v) is 10.8. The fraction of sp³-hybridized carbons (Fsp3) is 0.409. The molecule has 1 aliphatic heterocycles. The summed E-state index contributed by atoms with van der Waals surface area (Å²) < 4.78 is 1.03. The van der Waals surface area contributed by atoms with Crippen LogP contribution in [-0.2, 0) is 17.6 Å². The number of nitrogens with zero attached hydrogens (tertiary/aromatic N) is 3. The van der Waals surface area contributed by atoms with Crippen molar-refractivity contribution < 1.29 is 4.79 Å². The number of benzene rings is 1. The molecule has 1 amide bonds. The van der Waals surface area contributed by atoms with Gasteiger partial charge in [0.25, 0.3) is 0 Å². The van der Waals surface area contributed by atoms with Crippen molar-refractivity contribution >= 4 is 33.7 Å². The summed E-state index contributed by atoms with van der Waals surface area (Å²) in [5.74, 6) is 1.09. The molecule has 28 heavy (non-hydrogen) atoms. The van der Waals surface area contributed by atoms with Gasteiger partial charge in [-0.25, -0.2) is 9.97 Å². The van der Waals surface area contributed by atoms with Crippen LogP contribution in [0.5, 0.6) is 0 Å². The van der Waals surface area contributed by atoms with Crippen LogP contribution in [0.3, 0.4) is 0 Å². The average Bonchev–Trinajstić information content (AvgIpc) is 2.73. The standard InChI is InChI=1S/C22H25BrN4O/c23-17-8-5-16(6-9-17)7-10-21(28)26-18-11-13-27(14-12-18)22-19-3-1-2-4-20(19)24-15-25-22/h5-10,15,18H,1-4,11-14H2,(H,26,28)/b10-7+. The first-order chi connectivity index (χ1) is 13.7. The molecule has 1 aromatic carbocycles. The summed E-state index contributed by atoms with van der Waals surface area (Å²) in [5, 5.41) is 3.14. The summed E-state index contributed by atoms with van der Waals surface area (Å²) in [5.41, 5.74) is 3.58. The van der Waals surface area contributed by atoms with Crippen LogP contribution in [0.2, 0.25) is 0 Å². The Hall–Kier alpha value is -2.21. The van der Waals surface area contributed by atoms with Crippen molar-refractivity contribution in [3.63, 3.8) is 0 Å². The highest BCUT2D eigenvalue weighted by Crippen LogP contribution is 2.28. The lowest BCUT2D eigenvalue weighted by Crippen LogP contribution is -2.45. The van der Waals surface area contributed by atoms with Crippen LogP contribution in [0.25, 0.3) is 6.08 Å². The number of hydrogen-bond donors (Lipinski definition) is 1. The zero-order valence-corrected chi connectivity index (χ0v) is 17.5. The Labute approximate surface area is 174 Å². The van der Waals surface area contributed by atoms with E-state index in [0.29, 0.717) is 0 Å². The number of rotatable bonds is 4. The summed E-state index contributed by atoms with van der Waals surface area (Å²) in [6, 6.07) is 8.12. The molecular weight excluding hydrogens is 416 g/mol. The second-order valence-electron chi connectivity index (χ2n) is 7.48. The number of anilines is 1. The lowest BCUT2D eigenvalue weighted by Gasteiger charge is -2.34. The minimum atomic E-state index is -0.0271. The topological polar surface area (TPSA) is 58.1 Å². The number of hydrogen-bond acceptors (Lipinski definition) is 4. The van der Waals surface area contributed by atoms with Crippen LogP contribution in [0.1, 0.15) is 42.5 Å². The molecule has 1 aromatic heterocycles. The molecule has 0 saturated carbocycles. The van der Waals surface area contributed by atoms with E-state index in [9.17, 15) is 4.79 Å². The van der Waals surface area contributed by atoms with Crippen molar-refractivity contribution in [2.75, 3.05) is 18.0 Å². The molecule has 2 heterocycles. The van der Waals surface area contributed by atoms with Crippen molar-refractivity contribution in [3.05, 3.63) is 58.0 Å². The first-order valence-electron chi connectivity index (χ1n) is 10.0. The van der Waals surface area contributed by atoms with Gasteiger partial charge in [0.15, 0.2) is 0 Å². The molecule has 0 spiro atoms. The third kappa shape index (κ3) is 4.61. The van der Waals surface area contributed by atoms with Crippen LogP contribution in [0.15, 0.2) is 41.1 Å². The van der Waals surface area contributed by atoms with Gasteiger partial charge in [0.2, 0.25) is 5.91 Å². The smallest absolute Gasteiger partial charge is 0.244 e. The van der Waals surface area contributed by atoms with Crippen molar-refractivity contribution in [2.45, 2.75) is 44.6 Å². The highest BCUT2D eigenvalue weighted by molar-refractivity contribution is 9.10. The number of nitrogens with one attached hydrogen (secondary N) is 1. The van der Waals surface area contributed by atoms with E-state index in [1.54, 1.807) is 12.4 Å². The molecule has 1 N–H and O–H groups in total. The summed E-state index contributed by atoms with van der Waals surface area (Å²) >= 11 is 3.42. The zero-order chi connectivity index (χ0) is 19.3. The van der Waals surface area contributed by atoms with E-state index in [4.69, 9.17) is 0 Å². The molecule has 0 atom stereocenters. The van der Waals surface area contributed by atoms with Gasteiger partial charge in [0.1, 0.15) is 12.1 Å². The molecule has 2 aromatic rings. The number of aromatic nitrogens is 2. The monoisotopic (exact) mass is 440 g/mol. The fourth-order valence-electron chi connectivity index (χ4n) is 4.01. The number of halogens is 1. The quantitative estimate of drug-likeness (QED) is 0.731. The van der Waals surface area contributed by atoms with E-state index in [1.165, 1.54) is 24.1 Å². The molecule has 6 heteroatoms. The minimum absolute atomic E-state index is 0.0271. The van der Waals surface area contributed by atoms with Gasteiger partial charge in [-0.15, -0.1) is 0 Å². The van der Waals surface area contributed by atoms with Gasteiger partial charge in [-0.1, -0.05) is 28.1 Å². The summed E-state index contributed by atoms with van der Waals surface area (Å²) in [7, 11) is 0. The van der Waals surface area contributed by atoms with Crippen molar-refractivity contribution in [2.24, 2.45) is 0 Å². The van der Waals surface area contributed by atoms with E-state index in [0.717, 1.165) is 54.6 Å². The van der Waals surface area contributed by atoms with Crippen LogP contribution < -0.4 is 10.2 Å². The summed E-state index contributed by atoms with van der Waals surface area (Å²) in [4.78, 5) is 23.7. The van der Waals surface area contributed by atoms with Gasteiger partial charge in [-0.05, 0) is 62.3 Å². The van der Waals surface area contributed by atoms with E-state index < -0.39 is 0 Å². The Bertz CT molecular complexity index is 857. The molecular formula is C22H25BrN4O. The van der Waals surface area contributed by atoms with Gasteiger partial charge >= 0.3 is 0 Å². The number of carbonyl (C=O) groups excluding carboxylic acids is 1. The normalized spacial score (nSPS) is 17.5. The molecule has 0 unspecified atom stereocenters. The largest absolute Gasteiger partial charge is 0.356 e. The number of carbonyl (C=O) groups is 1. The average molecular weight is 441 g/mol. The lowest BCUT2D eigenvalue weighted by atomic mass is 9.95. The number of aryl methyl sites for hydroxylation is 1. The second kappa shape index (κ2) is 8.86. The predicted octanol–water partition coefficient (Wildman–Crippen LogP) is 3.92. The van der Waals surface area contributed by atoms with E-state index in [-0.39, 0.29) is 11.9 Å². The molecule has 1 aliphatic carbocycles. The minimum Gasteiger partial charge on any atom is -0.356 e. The summed E-state index contributed by atoms with van der Waals surface area (Å²) in [6.45, 7) is 1.84. The first kappa shape index (κ1) is 19.1. The number of amides is 1. The highest BCUT2D eigenvalue weighted by atomic mass is 79.9. The Balaban J connectivity index is 1.31. The summed E-state index contributed by atoms with van der Waals surface area (Å²) in [6.07, 6.45) is 11.7. The maximum absolute atomic E-state index is 12.3. The Kier molecular flexibility index (Phi) is 6.05. The maximum atomic E-state index is 12.3. The van der Waals surface area contributed by atoms with Crippen LogP contribution >= 0.6 is 15.9 Å². The Morgan fingerprint density at radius 3 is 2.64 bits per heavy atom. The van der Waals surface area contributed by atoms with Gasteiger partial charge < -0.3 is 10.2 Å². The SMILES string of the molecule is O=C(/C=C/c1ccc(Br)cc1)NC1CCN(c2ncnc3c2CCCC3)CC1. The van der Waals surface area contributed by atoms with Gasteiger partial charge in [0, 0.05) is 40.9 Å². The Morgan fingerprint density at radius 2 is 1.86 bits per heavy atom. The number of fused-ring (bicyclic) bond motifs is 1. The molecule has 1 fully saturated rings. The van der Waals surface area contributed by atoms with E-state index in [2.05, 4.69) is 36.1 Å². The maximum Gasteiger partial charge on any atom is 0.244 e. The molecule has 0 bridgehead atoms.